The third-order valence-electron chi connectivity index (χ3n) is 3.60. The van der Waals surface area contributed by atoms with E-state index < -0.39 is 30.9 Å². The molecule has 1 aliphatic rings. The highest BCUT2D eigenvalue weighted by Gasteiger charge is 2.47. The van der Waals surface area contributed by atoms with Gasteiger partial charge in [0.05, 0.1) is 9.82 Å². The van der Waals surface area contributed by atoms with Gasteiger partial charge in [-0.25, -0.2) is 8.42 Å². The van der Waals surface area contributed by atoms with Crippen molar-refractivity contribution in [1.29, 1.82) is 0 Å². The van der Waals surface area contributed by atoms with Crippen molar-refractivity contribution < 1.29 is 26.5 Å². The van der Waals surface area contributed by atoms with Crippen LogP contribution in [0.1, 0.15) is 0 Å². The SMILES string of the molecule is CN1CCN(c2ccc(S(=O)(=O)C(F)(F)F)cc2[N+](=O)[O-])CC1. The van der Waals surface area contributed by atoms with Crippen LogP contribution < -0.4 is 4.90 Å². The normalized spacial score (nSPS) is 17.3. The highest BCUT2D eigenvalue weighted by Crippen LogP contribution is 2.36. The number of sulfone groups is 1. The van der Waals surface area contributed by atoms with Gasteiger partial charge in [-0.1, -0.05) is 0 Å². The van der Waals surface area contributed by atoms with E-state index in [1.54, 1.807) is 4.90 Å². The Bertz CT molecular complexity index is 713. The van der Waals surface area contributed by atoms with Gasteiger partial charge in [-0.15, -0.1) is 0 Å². The summed E-state index contributed by atoms with van der Waals surface area (Å²) in [7, 11) is -3.74. The van der Waals surface area contributed by atoms with Crippen LogP contribution in [0.2, 0.25) is 0 Å². The highest BCUT2D eigenvalue weighted by atomic mass is 32.2. The predicted octanol–water partition coefficient (Wildman–Crippen LogP) is 1.64. The molecule has 0 spiro atoms. The van der Waals surface area contributed by atoms with Crippen molar-refractivity contribution in [3.63, 3.8) is 0 Å². The Morgan fingerprint density at radius 1 is 1.17 bits per heavy atom. The third-order valence-corrected chi connectivity index (χ3v) is 5.09. The number of rotatable bonds is 3. The zero-order valence-electron chi connectivity index (χ0n) is 12.1. The first-order chi connectivity index (χ1) is 10.5. The van der Waals surface area contributed by atoms with Crippen molar-refractivity contribution >= 4 is 21.2 Å². The molecule has 0 saturated carbocycles. The Hall–Kier alpha value is -1.88. The van der Waals surface area contributed by atoms with Crippen molar-refractivity contribution in [3.8, 4) is 0 Å². The minimum atomic E-state index is -5.62. The summed E-state index contributed by atoms with van der Waals surface area (Å²) in [6.07, 6.45) is 0. The number of alkyl halides is 3. The number of benzene rings is 1. The van der Waals surface area contributed by atoms with Gasteiger partial charge >= 0.3 is 5.51 Å². The molecule has 0 amide bonds. The second-order valence-corrected chi connectivity index (χ2v) is 7.09. The summed E-state index contributed by atoms with van der Waals surface area (Å²) < 4.78 is 60.5. The third kappa shape index (κ3) is 3.39. The van der Waals surface area contributed by atoms with E-state index in [2.05, 4.69) is 0 Å². The molecular formula is C12H14F3N3O4S. The van der Waals surface area contributed by atoms with E-state index in [1.165, 1.54) is 0 Å². The van der Waals surface area contributed by atoms with Gasteiger partial charge in [-0.05, 0) is 19.2 Å². The highest BCUT2D eigenvalue weighted by molar-refractivity contribution is 7.92. The van der Waals surface area contributed by atoms with Gasteiger partial charge in [-0.3, -0.25) is 10.1 Å². The van der Waals surface area contributed by atoms with Crippen molar-refractivity contribution in [2.75, 3.05) is 38.1 Å². The maximum absolute atomic E-state index is 12.6. The molecule has 1 aromatic carbocycles. The Morgan fingerprint density at radius 3 is 2.22 bits per heavy atom. The van der Waals surface area contributed by atoms with E-state index in [0.29, 0.717) is 32.2 Å². The van der Waals surface area contributed by atoms with E-state index in [0.717, 1.165) is 12.1 Å². The summed E-state index contributed by atoms with van der Waals surface area (Å²) >= 11 is 0. The van der Waals surface area contributed by atoms with Crippen LogP contribution in [-0.2, 0) is 9.84 Å². The van der Waals surface area contributed by atoms with Crippen LogP contribution in [0.3, 0.4) is 0 Å². The lowest BCUT2D eigenvalue weighted by atomic mass is 10.2. The molecule has 0 aromatic heterocycles. The van der Waals surface area contributed by atoms with Crippen molar-refractivity contribution in [3.05, 3.63) is 28.3 Å². The Morgan fingerprint density at radius 2 is 1.74 bits per heavy atom. The topological polar surface area (TPSA) is 83.8 Å². The fourth-order valence-corrected chi connectivity index (χ4v) is 3.05. The van der Waals surface area contributed by atoms with Gasteiger partial charge in [0.1, 0.15) is 5.69 Å². The van der Waals surface area contributed by atoms with E-state index in [4.69, 9.17) is 0 Å². The van der Waals surface area contributed by atoms with Crippen LogP contribution in [0.5, 0.6) is 0 Å². The second-order valence-electron chi connectivity index (χ2n) is 5.15. The number of anilines is 1. The number of nitro benzene ring substituents is 1. The van der Waals surface area contributed by atoms with Gasteiger partial charge in [0.15, 0.2) is 0 Å². The summed E-state index contributed by atoms with van der Waals surface area (Å²) in [6.45, 7) is 2.20. The first kappa shape index (κ1) is 17.5. The lowest BCUT2D eigenvalue weighted by Gasteiger charge is -2.33. The molecule has 23 heavy (non-hydrogen) atoms. The molecule has 0 aliphatic carbocycles. The monoisotopic (exact) mass is 353 g/mol. The number of nitrogens with zero attached hydrogens (tertiary/aromatic N) is 3. The molecule has 0 N–H and O–H groups in total. The second kappa shape index (κ2) is 5.96. The van der Waals surface area contributed by atoms with Crippen LogP contribution in [0.25, 0.3) is 0 Å². The number of halogens is 3. The zero-order valence-corrected chi connectivity index (χ0v) is 12.9. The maximum Gasteiger partial charge on any atom is 0.501 e. The van der Waals surface area contributed by atoms with Gasteiger partial charge in [0.2, 0.25) is 0 Å². The zero-order chi connectivity index (χ0) is 17.4. The van der Waals surface area contributed by atoms with Gasteiger partial charge in [0.25, 0.3) is 15.5 Å². The van der Waals surface area contributed by atoms with Crippen LogP contribution in [0, 0.1) is 10.1 Å². The summed E-state index contributed by atoms with van der Waals surface area (Å²) in [6, 6.07) is 2.28. The predicted molar refractivity (Wildman–Crippen MR) is 76.0 cm³/mol. The molecule has 1 aromatic rings. The summed E-state index contributed by atoms with van der Waals surface area (Å²) in [5.41, 5.74) is -6.04. The van der Waals surface area contributed by atoms with Gasteiger partial charge in [-0.2, -0.15) is 13.2 Å². The molecular weight excluding hydrogens is 339 g/mol. The minimum absolute atomic E-state index is 0.115. The molecule has 1 heterocycles. The standard InChI is InChI=1S/C12H14F3N3O4S/c1-16-4-6-17(7-5-16)10-3-2-9(8-11(10)18(19)20)23(21,22)12(13,14)15/h2-3,8H,4-7H2,1H3. The maximum atomic E-state index is 12.6. The van der Waals surface area contributed by atoms with Crippen molar-refractivity contribution in [2.24, 2.45) is 0 Å². The molecule has 1 fully saturated rings. The van der Waals surface area contributed by atoms with Crippen LogP contribution in [0.4, 0.5) is 24.5 Å². The molecule has 1 aliphatic heterocycles. The molecule has 1 saturated heterocycles. The number of piperazine rings is 1. The average Bonchev–Trinajstić information content (AvgIpc) is 2.46. The fraction of sp³-hybridized carbons (Fsp3) is 0.500. The smallest absolute Gasteiger partial charge is 0.363 e. The first-order valence-corrected chi connectivity index (χ1v) is 8.05. The quantitative estimate of drug-likeness (QED) is 0.607. The van der Waals surface area contributed by atoms with Crippen LogP contribution in [-0.4, -0.2) is 57.0 Å². The molecule has 0 unspecified atom stereocenters. The Labute approximate surface area is 130 Å². The number of hydrogen-bond acceptors (Lipinski definition) is 6. The number of likely N-dealkylation sites (N-methyl/N-ethyl adjacent to an activating group) is 1. The average molecular weight is 353 g/mol. The van der Waals surface area contributed by atoms with Crippen molar-refractivity contribution in [1.82, 2.24) is 4.90 Å². The lowest BCUT2D eigenvalue weighted by molar-refractivity contribution is -0.384. The molecule has 0 bridgehead atoms. The van der Waals surface area contributed by atoms with E-state index in [1.807, 2.05) is 11.9 Å². The van der Waals surface area contributed by atoms with Crippen LogP contribution >= 0.6 is 0 Å². The van der Waals surface area contributed by atoms with Gasteiger partial charge < -0.3 is 9.80 Å². The molecule has 0 radical (unpaired) electrons. The van der Waals surface area contributed by atoms with Crippen molar-refractivity contribution in [2.45, 2.75) is 10.4 Å². The minimum Gasteiger partial charge on any atom is -0.363 e. The molecule has 128 valence electrons. The summed E-state index contributed by atoms with van der Waals surface area (Å²) in [5.74, 6) is 0. The number of nitro groups is 1. The Kier molecular flexibility index (Phi) is 4.53. The largest absolute Gasteiger partial charge is 0.501 e. The summed E-state index contributed by atoms with van der Waals surface area (Å²) in [4.78, 5) is 12.8. The van der Waals surface area contributed by atoms with E-state index >= 15 is 0 Å². The van der Waals surface area contributed by atoms with Crippen LogP contribution in [0.15, 0.2) is 23.1 Å². The molecule has 11 heteroatoms. The summed E-state index contributed by atoms with van der Waals surface area (Å²) in [5, 5.41) is 11.2. The number of hydrogen-bond donors (Lipinski definition) is 0. The van der Waals surface area contributed by atoms with E-state index in [-0.39, 0.29) is 5.69 Å². The first-order valence-electron chi connectivity index (χ1n) is 6.57. The van der Waals surface area contributed by atoms with Gasteiger partial charge in [0, 0.05) is 32.2 Å². The Balaban J connectivity index is 2.46. The lowest BCUT2D eigenvalue weighted by Crippen LogP contribution is -2.44. The molecule has 2 rings (SSSR count). The van der Waals surface area contributed by atoms with E-state index in [9.17, 15) is 31.7 Å². The fourth-order valence-electron chi connectivity index (χ4n) is 2.27. The molecule has 7 nitrogen and oxygen atoms in total. The molecule has 0 atom stereocenters.